The smallest absolute Gasteiger partial charge is 0.316 e. The second-order valence-corrected chi connectivity index (χ2v) is 7.66. The molecule has 0 saturated carbocycles. The van der Waals surface area contributed by atoms with Gasteiger partial charge in [-0.3, -0.25) is 9.59 Å². The van der Waals surface area contributed by atoms with Crippen molar-refractivity contribution in [1.82, 2.24) is 0 Å². The summed E-state index contributed by atoms with van der Waals surface area (Å²) in [6.45, 7) is 8.04. The van der Waals surface area contributed by atoms with Gasteiger partial charge < -0.3 is 4.74 Å². The van der Waals surface area contributed by atoms with Crippen molar-refractivity contribution < 1.29 is 14.3 Å². The minimum atomic E-state index is -0.411. The fourth-order valence-electron chi connectivity index (χ4n) is 2.71. The Morgan fingerprint density at radius 1 is 0.667 bits per heavy atom. The molecule has 0 bridgehead atoms. The zero-order valence-electron chi connectivity index (χ0n) is 18.2. The highest BCUT2D eigenvalue weighted by Gasteiger charge is 2.20. The minimum absolute atomic E-state index is 0.276. The molecule has 0 aliphatic carbocycles. The van der Waals surface area contributed by atoms with E-state index in [9.17, 15) is 9.59 Å². The van der Waals surface area contributed by atoms with E-state index in [0.29, 0.717) is 12.8 Å². The standard InChI is InChI=1S/C24H42O3/c1-5-7-9-11-13-15-17-19-21(3)23(25)27-24(26)22(4)20-18-16-14-12-10-8-6-2/h15-18,21-22H,5-14,19-20H2,1-4H3. The maximum Gasteiger partial charge on any atom is 0.316 e. The predicted octanol–water partition coefficient (Wildman–Crippen LogP) is 7.16. The normalized spacial score (nSPS) is 13.9. The topological polar surface area (TPSA) is 43.4 Å². The van der Waals surface area contributed by atoms with Crippen molar-refractivity contribution in [3.63, 3.8) is 0 Å². The molecule has 0 amide bonds. The molecule has 0 aromatic heterocycles. The number of carbonyl (C=O) groups excluding carboxylic acids is 2. The van der Waals surface area contributed by atoms with Gasteiger partial charge in [0.25, 0.3) is 0 Å². The van der Waals surface area contributed by atoms with Crippen LogP contribution < -0.4 is 0 Å². The van der Waals surface area contributed by atoms with Gasteiger partial charge in [0.1, 0.15) is 0 Å². The van der Waals surface area contributed by atoms with Crippen molar-refractivity contribution in [2.45, 2.75) is 105 Å². The molecule has 27 heavy (non-hydrogen) atoms. The van der Waals surface area contributed by atoms with E-state index >= 15 is 0 Å². The molecular weight excluding hydrogens is 336 g/mol. The van der Waals surface area contributed by atoms with Crippen LogP contribution in [0.15, 0.2) is 24.3 Å². The summed E-state index contributed by atoms with van der Waals surface area (Å²) >= 11 is 0. The fraction of sp³-hybridized carbons (Fsp3) is 0.750. The van der Waals surface area contributed by atoms with E-state index in [1.54, 1.807) is 0 Å². The van der Waals surface area contributed by atoms with E-state index in [0.717, 1.165) is 12.8 Å². The van der Waals surface area contributed by atoms with Crippen molar-refractivity contribution in [2.24, 2.45) is 11.8 Å². The van der Waals surface area contributed by atoms with Crippen molar-refractivity contribution in [2.75, 3.05) is 0 Å². The number of allylic oxidation sites excluding steroid dienone is 4. The van der Waals surface area contributed by atoms with Gasteiger partial charge in [-0.1, -0.05) is 90.5 Å². The highest BCUT2D eigenvalue weighted by Crippen LogP contribution is 2.12. The maximum atomic E-state index is 12.0. The number of carbonyl (C=O) groups is 2. The lowest BCUT2D eigenvalue weighted by Gasteiger charge is -2.11. The van der Waals surface area contributed by atoms with Gasteiger partial charge in [-0.25, -0.2) is 0 Å². The Hall–Kier alpha value is -1.38. The molecule has 0 aliphatic rings. The number of hydrogen-bond donors (Lipinski definition) is 0. The van der Waals surface area contributed by atoms with Gasteiger partial charge in [0.15, 0.2) is 0 Å². The number of esters is 2. The van der Waals surface area contributed by atoms with Crippen molar-refractivity contribution in [3.8, 4) is 0 Å². The number of rotatable bonds is 16. The molecule has 2 atom stereocenters. The summed E-state index contributed by atoms with van der Waals surface area (Å²) in [5.74, 6) is -1.37. The van der Waals surface area contributed by atoms with Gasteiger partial charge >= 0.3 is 11.9 Å². The highest BCUT2D eigenvalue weighted by atomic mass is 16.6. The average Bonchev–Trinajstić information content (AvgIpc) is 2.66. The Balaban J connectivity index is 3.94. The molecule has 0 saturated heterocycles. The first-order valence-electron chi connectivity index (χ1n) is 11.1. The lowest BCUT2D eigenvalue weighted by atomic mass is 10.1. The molecule has 0 spiro atoms. The highest BCUT2D eigenvalue weighted by molar-refractivity contribution is 5.87. The maximum absolute atomic E-state index is 12.0. The summed E-state index contributed by atoms with van der Waals surface area (Å²) in [5.41, 5.74) is 0. The molecular formula is C24H42O3. The molecule has 3 nitrogen and oxygen atoms in total. The minimum Gasteiger partial charge on any atom is -0.393 e. The first kappa shape index (κ1) is 25.6. The van der Waals surface area contributed by atoms with Crippen LogP contribution in [-0.2, 0) is 14.3 Å². The van der Waals surface area contributed by atoms with E-state index in [2.05, 4.69) is 26.0 Å². The van der Waals surface area contributed by atoms with E-state index in [4.69, 9.17) is 4.74 Å². The van der Waals surface area contributed by atoms with Gasteiger partial charge in [-0.2, -0.15) is 0 Å². The Labute approximate surface area is 167 Å². The lowest BCUT2D eigenvalue weighted by Crippen LogP contribution is -2.23. The quantitative estimate of drug-likeness (QED) is 0.124. The molecule has 0 fully saturated rings. The van der Waals surface area contributed by atoms with Crippen LogP contribution in [0.5, 0.6) is 0 Å². The van der Waals surface area contributed by atoms with Crippen LogP contribution in [0.2, 0.25) is 0 Å². The van der Waals surface area contributed by atoms with Crippen LogP contribution in [0.25, 0.3) is 0 Å². The van der Waals surface area contributed by atoms with E-state index in [-0.39, 0.29) is 11.8 Å². The molecule has 0 aliphatic heterocycles. The monoisotopic (exact) mass is 378 g/mol. The largest absolute Gasteiger partial charge is 0.393 e. The SMILES string of the molecule is CCCCCCC=CCC(C)C(=O)OC(=O)C(C)CC=CCCCCCC. The van der Waals surface area contributed by atoms with Crippen molar-refractivity contribution >= 4 is 11.9 Å². The Bertz CT molecular complexity index is 397. The summed E-state index contributed by atoms with van der Waals surface area (Å²) in [5, 5.41) is 0. The zero-order valence-corrected chi connectivity index (χ0v) is 18.2. The molecule has 2 unspecified atom stereocenters. The van der Waals surface area contributed by atoms with Gasteiger partial charge in [-0.15, -0.1) is 0 Å². The first-order valence-corrected chi connectivity index (χ1v) is 11.1. The molecule has 0 heterocycles. The summed E-state index contributed by atoms with van der Waals surface area (Å²) in [7, 11) is 0. The van der Waals surface area contributed by atoms with Gasteiger partial charge in [-0.05, 0) is 38.5 Å². The number of ether oxygens (including phenoxy) is 1. The lowest BCUT2D eigenvalue weighted by molar-refractivity contribution is -0.164. The van der Waals surface area contributed by atoms with Crippen LogP contribution >= 0.6 is 0 Å². The van der Waals surface area contributed by atoms with Crippen molar-refractivity contribution in [3.05, 3.63) is 24.3 Å². The third kappa shape index (κ3) is 15.4. The van der Waals surface area contributed by atoms with Gasteiger partial charge in [0.2, 0.25) is 0 Å². The van der Waals surface area contributed by atoms with E-state index in [1.807, 2.05) is 26.0 Å². The Morgan fingerprint density at radius 3 is 1.44 bits per heavy atom. The van der Waals surface area contributed by atoms with Gasteiger partial charge in [0.05, 0.1) is 11.8 Å². The van der Waals surface area contributed by atoms with Crippen molar-refractivity contribution in [1.29, 1.82) is 0 Å². The predicted molar refractivity (Wildman–Crippen MR) is 114 cm³/mol. The first-order chi connectivity index (χ1) is 13.0. The van der Waals surface area contributed by atoms with Crippen LogP contribution in [-0.4, -0.2) is 11.9 Å². The molecule has 3 heteroatoms. The fourth-order valence-corrected chi connectivity index (χ4v) is 2.71. The number of unbranched alkanes of at least 4 members (excludes halogenated alkanes) is 8. The van der Waals surface area contributed by atoms with Crippen LogP contribution in [0.1, 0.15) is 105 Å². The Morgan fingerprint density at radius 2 is 1.07 bits per heavy atom. The molecule has 0 N–H and O–H groups in total. The van der Waals surface area contributed by atoms with Gasteiger partial charge in [0, 0.05) is 0 Å². The third-order valence-corrected chi connectivity index (χ3v) is 4.77. The van der Waals surface area contributed by atoms with Crippen LogP contribution in [0.3, 0.4) is 0 Å². The third-order valence-electron chi connectivity index (χ3n) is 4.77. The molecule has 0 radical (unpaired) electrons. The van der Waals surface area contributed by atoms with E-state index in [1.165, 1.54) is 51.4 Å². The summed E-state index contributed by atoms with van der Waals surface area (Å²) < 4.78 is 5.05. The van der Waals surface area contributed by atoms with Crippen LogP contribution in [0.4, 0.5) is 0 Å². The second kappa shape index (κ2) is 18.0. The second-order valence-electron chi connectivity index (χ2n) is 7.66. The average molecular weight is 379 g/mol. The number of hydrogen-bond acceptors (Lipinski definition) is 3. The zero-order chi connectivity index (χ0) is 20.3. The molecule has 0 aromatic rings. The van der Waals surface area contributed by atoms with E-state index < -0.39 is 11.9 Å². The summed E-state index contributed by atoms with van der Waals surface area (Å²) in [6, 6.07) is 0. The molecule has 156 valence electrons. The van der Waals surface area contributed by atoms with Crippen LogP contribution in [0, 0.1) is 11.8 Å². The summed E-state index contributed by atoms with van der Waals surface area (Å²) in [4.78, 5) is 24.1. The molecule has 0 rings (SSSR count). The Kier molecular flexibility index (Phi) is 17.1. The summed E-state index contributed by atoms with van der Waals surface area (Å²) in [6.07, 6.45) is 21.7. The molecule has 0 aromatic carbocycles.